The number of benzene rings is 1. The van der Waals surface area contributed by atoms with E-state index in [0.29, 0.717) is 24.6 Å². The van der Waals surface area contributed by atoms with E-state index >= 15 is 0 Å². The number of nitrogens with zero attached hydrogens (tertiary/aromatic N) is 1. The zero-order valence-corrected chi connectivity index (χ0v) is 11.5. The van der Waals surface area contributed by atoms with Gasteiger partial charge in [0.15, 0.2) is 12.4 Å². The number of carbonyl (C=O) groups is 1. The fourth-order valence-corrected chi connectivity index (χ4v) is 1.65. The first-order chi connectivity index (χ1) is 10.2. The Kier molecular flexibility index (Phi) is 5.16. The molecule has 7 heteroatoms. The van der Waals surface area contributed by atoms with Crippen molar-refractivity contribution in [1.29, 1.82) is 0 Å². The van der Waals surface area contributed by atoms with Gasteiger partial charge in [-0.2, -0.15) is 0 Å². The topological polar surface area (TPSA) is 114 Å². The second-order valence-corrected chi connectivity index (χ2v) is 4.30. The SMILES string of the molecule is NCCCOc1ccc(-c2cc(COC(N)=O)on2)cc1. The maximum Gasteiger partial charge on any atom is 0.404 e. The van der Waals surface area contributed by atoms with Crippen molar-refractivity contribution in [2.24, 2.45) is 11.5 Å². The summed E-state index contributed by atoms with van der Waals surface area (Å²) >= 11 is 0. The Morgan fingerprint density at radius 2 is 2.05 bits per heavy atom. The molecule has 0 unspecified atom stereocenters. The molecule has 0 radical (unpaired) electrons. The molecule has 0 saturated heterocycles. The van der Waals surface area contributed by atoms with Crippen molar-refractivity contribution in [2.75, 3.05) is 13.2 Å². The van der Waals surface area contributed by atoms with E-state index in [2.05, 4.69) is 9.89 Å². The Morgan fingerprint density at radius 3 is 2.71 bits per heavy atom. The number of nitrogens with two attached hydrogens (primary N) is 2. The molecular formula is C14H17N3O4. The minimum atomic E-state index is -0.855. The van der Waals surface area contributed by atoms with Crippen LogP contribution in [0.5, 0.6) is 5.75 Å². The van der Waals surface area contributed by atoms with Gasteiger partial charge in [0.2, 0.25) is 0 Å². The molecule has 0 aliphatic carbocycles. The van der Waals surface area contributed by atoms with Crippen LogP contribution in [0, 0.1) is 0 Å². The molecular weight excluding hydrogens is 274 g/mol. The summed E-state index contributed by atoms with van der Waals surface area (Å²) in [6.45, 7) is 1.16. The molecule has 0 atom stereocenters. The van der Waals surface area contributed by atoms with Gasteiger partial charge in [-0.1, -0.05) is 5.16 Å². The van der Waals surface area contributed by atoms with Crippen molar-refractivity contribution < 1.29 is 18.8 Å². The summed E-state index contributed by atoms with van der Waals surface area (Å²) in [6.07, 6.45) is -0.0409. The van der Waals surface area contributed by atoms with Gasteiger partial charge in [-0.05, 0) is 37.2 Å². The van der Waals surface area contributed by atoms with E-state index in [-0.39, 0.29) is 6.61 Å². The third-order valence-electron chi connectivity index (χ3n) is 2.68. The molecule has 4 N–H and O–H groups in total. The molecule has 2 rings (SSSR count). The predicted octanol–water partition coefficient (Wildman–Crippen LogP) is 1.66. The maximum absolute atomic E-state index is 10.5. The summed E-state index contributed by atoms with van der Waals surface area (Å²) in [4.78, 5) is 10.5. The van der Waals surface area contributed by atoms with E-state index in [1.54, 1.807) is 6.07 Å². The Hall–Kier alpha value is -2.54. The second kappa shape index (κ2) is 7.30. The largest absolute Gasteiger partial charge is 0.494 e. The van der Waals surface area contributed by atoms with Gasteiger partial charge in [0.05, 0.1) is 6.61 Å². The standard InChI is InChI=1S/C14H17N3O4/c15-6-1-7-19-11-4-2-10(3-5-11)13-8-12(21-17-13)9-20-14(16)18/h2-5,8H,1,6-7,9,15H2,(H2,16,18). The summed E-state index contributed by atoms with van der Waals surface area (Å²) in [5.41, 5.74) is 11.8. The second-order valence-electron chi connectivity index (χ2n) is 4.30. The highest BCUT2D eigenvalue weighted by Crippen LogP contribution is 2.22. The molecule has 7 nitrogen and oxygen atoms in total. The van der Waals surface area contributed by atoms with Gasteiger partial charge in [-0.3, -0.25) is 0 Å². The summed E-state index contributed by atoms with van der Waals surface area (Å²) in [5, 5.41) is 3.91. The van der Waals surface area contributed by atoms with Crippen molar-refractivity contribution in [3.8, 4) is 17.0 Å². The number of carbonyl (C=O) groups excluding carboxylic acids is 1. The van der Waals surface area contributed by atoms with Crippen molar-refractivity contribution >= 4 is 6.09 Å². The molecule has 0 spiro atoms. The first-order valence-corrected chi connectivity index (χ1v) is 6.50. The number of rotatable bonds is 7. The minimum absolute atomic E-state index is 0.0391. The summed E-state index contributed by atoms with van der Waals surface area (Å²) < 4.78 is 15.2. The van der Waals surface area contributed by atoms with Gasteiger partial charge in [-0.15, -0.1) is 0 Å². The van der Waals surface area contributed by atoms with Crippen molar-refractivity contribution in [2.45, 2.75) is 13.0 Å². The molecule has 1 aromatic heterocycles. The highest BCUT2D eigenvalue weighted by Gasteiger charge is 2.08. The monoisotopic (exact) mass is 291 g/mol. The van der Waals surface area contributed by atoms with Crippen LogP contribution < -0.4 is 16.2 Å². The zero-order chi connectivity index (χ0) is 15.1. The fraction of sp³-hybridized carbons (Fsp3) is 0.286. The molecule has 0 saturated carbocycles. The highest BCUT2D eigenvalue weighted by atomic mass is 16.6. The van der Waals surface area contributed by atoms with Crippen LogP contribution in [0.15, 0.2) is 34.9 Å². The van der Waals surface area contributed by atoms with Gasteiger partial charge in [0.1, 0.15) is 11.4 Å². The van der Waals surface area contributed by atoms with Gasteiger partial charge < -0.3 is 25.5 Å². The van der Waals surface area contributed by atoms with E-state index < -0.39 is 6.09 Å². The van der Waals surface area contributed by atoms with Gasteiger partial charge in [-0.25, -0.2) is 4.79 Å². The molecule has 0 bridgehead atoms. The van der Waals surface area contributed by atoms with Crippen LogP contribution in [0.4, 0.5) is 4.79 Å². The molecule has 2 aromatic rings. The molecule has 112 valence electrons. The molecule has 1 amide bonds. The number of hydrogen-bond donors (Lipinski definition) is 2. The van der Waals surface area contributed by atoms with Crippen LogP contribution in [0.25, 0.3) is 11.3 Å². The van der Waals surface area contributed by atoms with E-state index in [0.717, 1.165) is 17.7 Å². The number of aromatic nitrogens is 1. The lowest BCUT2D eigenvalue weighted by atomic mass is 10.1. The minimum Gasteiger partial charge on any atom is -0.494 e. The lowest BCUT2D eigenvalue weighted by molar-refractivity contribution is 0.137. The van der Waals surface area contributed by atoms with Crippen molar-refractivity contribution in [1.82, 2.24) is 5.16 Å². The van der Waals surface area contributed by atoms with Gasteiger partial charge >= 0.3 is 6.09 Å². The van der Waals surface area contributed by atoms with E-state index in [1.165, 1.54) is 0 Å². The normalized spacial score (nSPS) is 10.3. The number of ether oxygens (including phenoxy) is 2. The van der Waals surface area contributed by atoms with Crippen molar-refractivity contribution in [3.05, 3.63) is 36.1 Å². The zero-order valence-electron chi connectivity index (χ0n) is 11.5. The van der Waals surface area contributed by atoms with E-state index in [4.69, 9.17) is 20.7 Å². The van der Waals surface area contributed by atoms with Crippen LogP contribution in [-0.2, 0) is 11.3 Å². The fourth-order valence-electron chi connectivity index (χ4n) is 1.65. The quantitative estimate of drug-likeness (QED) is 0.750. The van der Waals surface area contributed by atoms with Crippen LogP contribution in [0.3, 0.4) is 0 Å². The predicted molar refractivity (Wildman–Crippen MR) is 75.5 cm³/mol. The van der Waals surface area contributed by atoms with Crippen LogP contribution in [-0.4, -0.2) is 24.4 Å². The number of primary amides is 1. The summed E-state index contributed by atoms with van der Waals surface area (Å²) in [6, 6.07) is 9.12. The van der Waals surface area contributed by atoms with E-state index in [1.807, 2.05) is 24.3 Å². The van der Waals surface area contributed by atoms with Gasteiger partial charge in [0, 0.05) is 11.6 Å². The molecule has 21 heavy (non-hydrogen) atoms. The molecule has 0 aliphatic heterocycles. The van der Waals surface area contributed by atoms with Crippen LogP contribution >= 0.6 is 0 Å². The third-order valence-corrected chi connectivity index (χ3v) is 2.68. The van der Waals surface area contributed by atoms with E-state index in [9.17, 15) is 4.79 Å². The molecule has 1 aromatic carbocycles. The summed E-state index contributed by atoms with van der Waals surface area (Å²) in [7, 11) is 0. The van der Waals surface area contributed by atoms with Crippen molar-refractivity contribution in [3.63, 3.8) is 0 Å². The smallest absolute Gasteiger partial charge is 0.404 e. The van der Waals surface area contributed by atoms with Crippen LogP contribution in [0.2, 0.25) is 0 Å². The molecule has 0 aliphatic rings. The Balaban J connectivity index is 1.96. The molecule has 0 fully saturated rings. The lowest BCUT2D eigenvalue weighted by Gasteiger charge is -2.05. The average molecular weight is 291 g/mol. The third kappa shape index (κ3) is 4.50. The first kappa shape index (κ1) is 14.9. The highest BCUT2D eigenvalue weighted by molar-refractivity contribution is 5.64. The lowest BCUT2D eigenvalue weighted by Crippen LogP contribution is -2.12. The number of amides is 1. The average Bonchev–Trinajstić information content (AvgIpc) is 2.95. The van der Waals surface area contributed by atoms with Crippen LogP contribution in [0.1, 0.15) is 12.2 Å². The summed E-state index contributed by atoms with van der Waals surface area (Å²) in [5.74, 6) is 1.19. The molecule has 1 heterocycles. The number of hydrogen-bond acceptors (Lipinski definition) is 6. The van der Waals surface area contributed by atoms with Gasteiger partial charge in [0.25, 0.3) is 0 Å². The maximum atomic E-state index is 10.5. The Bertz CT molecular complexity index is 580. The Labute approximate surface area is 121 Å². The first-order valence-electron chi connectivity index (χ1n) is 6.50. The Morgan fingerprint density at radius 1 is 1.29 bits per heavy atom.